The van der Waals surface area contributed by atoms with E-state index in [0.29, 0.717) is 31.0 Å². The first-order valence-corrected chi connectivity index (χ1v) is 8.89. The van der Waals surface area contributed by atoms with Gasteiger partial charge in [-0.15, -0.1) is 0 Å². The molecule has 0 aromatic heterocycles. The lowest BCUT2D eigenvalue weighted by Crippen LogP contribution is -2.50. The van der Waals surface area contributed by atoms with Crippen LogP contribution < -0.4 is 11.1 Å². The molecule has 2 amide bonds. The number of amides is 2. The summed E-state index contributed by atoms with van der Waals surface area (Å²) in [5, 5.41) is 2.93. The lowest BCUT2D eigenvalue weighted by molar-refractivity contribution is -0.133. The summed E-state index contributed by atoms with van der Waals surface area (Å²) >= 11 is 0. The van der Waals surface area contributed by atoms with Gasteiger partial charge in [-0.25, -0.2) is 0 Å². The Kier molecular flexibility index (Phi) is 7.61. The number of hydrogen-bond acceptors (Lipinski definition) is 3. The Bertz CT molecular complexity index is 596. The number of likely N-dealkylation sites (N-methyl/N-ethyl adjacent to an activating group) is 1. The Labute approximate surface area is 152 Å². The van der Waals surface area contributed by atoms with Crippen LogP contribution in [-0.4, -0.2) is 42.9 Å². The first kappa shape index (κ1) is 21.2. The Morgan fingerprint density at radius 3 is 2.36 bits per heavy atom. The zero-order valence-electron chi connectivity index (χ0n) is 16.4. The molecule has 0 radical (unpaired) electrons. The highest BCUT2D eigenvalue weighted by atomic mass is 16.2. The van der Waals surface area contributed by atoms with E-state index in [2.05, 4.69) is 5.32 Å². The third-order valence-electron chi connectivity index (χ3n) is 4.29. The van der Waals surface area contributed by atoms with Crippen molar-refractivity contribution in [3.63, 3.8) is 0 Å². The zero-order chi connectivity index (χ0) is 19.2. The Morgan fingerprint density at radius 2 is 1.84 bits per heavy atom. The van der Waals surface area contributed by atoms with Crippen molar-refractivity contribution in [2.45, 2.75) is 47.1 Å². The first-order valence-electron chi connectivity index (χ1n) is 8.89. The molecule has 1 aromatic carbocycles. The molecule has 5 nitrogen and oxygen atoms in total. The number of hydrogen-bond donors (Lipinski definition) is 2. The van der Waals surface area contributed by atoms with E-state index in [1.807, 2.05) is 52.8 Å². The minimum atomic E-state index is -0.536. The number of aryl methyl sites for hydroxylation is 1. The zero-order valence-corrected chi connectivity index (χ0v) is 16.4. The summed E-state index contributed by atoms with van der Waals surface area (Å²) in [5.74, 6) is 0.0165. The number of nitrogens with zero attached hydrogens (tertiary/aromatic N) is 1. The second kappa shape index (κ2) is 8.99. The molecule has 1 unspecified atom stereocenters. The van der Waals surface area contributed by atoms with E-state index in [-0.39, 0.29) is 17.2 Å². The molecule has 1 rings (SSSR count). The quantitative estimate of drug-likeness (QED) is 0.759. The maximum absolute atomic E-state index is 12.9. The van der Waals surface area contributed by atoms with Crippen molar-refractivity contribution in [2.24, 2.45) is 17.1 Å². The summed E-state index contributed by atoms with van der Waals surface area (Å²) in [4.78, 5) is 27.2. The Balaban J connectivity index is 2.91. The van der Waals surface area contributed by atoms with Crippen molar-refractivity contribution in [3.05, 3.63) is 35.4 Å². The molecule has 0 spiro atoms. The highest BCUT2D eigenvalue weighted by Crippen LogP contribution is 2.16. The van der Waals surface area contributed by atoms with E-state index in [9.17, 15) is 9.59 Å². The Morgan fingerprint density at radius 1 is 1.24 bits per heavy atom. The normalized spacial score (nSPS) is 12.8. The van der Waals surface area contributed by atoms with Crippen LogP contribution >= 0.6 is 0 Å². The van der Waals surface area contributed by atoms with Crippen molar-refractivity contribution < 1.29 is 9.59 Å². The van der Waals surface area contributed by atoms with Gasteiger partial charge in [-0.1, -0.05) is 45.9 Å². The van der Waals surface area contributed by atoms with Gasteiger partial charge < -0.3 is 16.0 Å². The van der Waals surface area contributed by atoms with E-state index in [1.165, 1.54) is 0 Å². The fraction of sp³-hybridized carbons (Fsp3) is 0.600. The largest absolute Gasteiger partial charge is 0.343 e. The topological polar surface area (TPSA) is 75.4 Å². The summed E-state index contributed by atoms with van der Waals surface area (Å²) in [7, 11) is 1.77. The smallest absolute Gasteiger partial charge is 0.252 e. The summed E-state index contributed by atoms with van der Waals surface area (Å²) in [6, 6.07) is 6.86. The van der Waals surface area contributed by atoms with Crippen molar-refractivity contribution in [1.82, 2.24) is 10.2 Å². The number of nitrogens with one attached hydrogen (secondary N) is 1. The molecule has 3 N–H and O–H groups in total. The van der Waals surface area contributed by atoms with Gasteiger partial charge >= 0.3 is 0 Å². The molecule has 1 atom stereocenters. The van der Waals surface area contributed by atoms with Gasteiger partial charge in [0.1, 0.15) is 6.04 Å². The van der Waals surface area contributed by atoms with E-state index in [0.717, 1.165) is 5.56 Å². The second-order valence-electron chi connectivity index (χ2n) is 8.03. The molecule has 1 aromatic rings. The summed E-state index contributed by atoms with van der Waals surface area (Å²) < 4.78 is 0. The Hall–Kier alpha value is -1.88. The number of benzene rings is 1. The van der Waals surface area contributed by atoms with E-state index < -0.39 is 6.04 Å². The SMILES string of the molecule is Cc1ccccc1C(=O)NC(CC(C)C)C(=O)N(C)CC(C)(C)CN. The van der Waals surface area contributed by atoms with Gasteiger partial charge in [0.05, 0.1) is 0 Å². The van der Waals surface area contributed by atoms with Crippen LogP contribution in [0.4, 0.5) is 0 Å². The number of rotatable bonds is 8. The van der Waals surface area contributed by atoms with Crippen LogP contribution in [0.2, 0.25) is 0 Å². The van der Waals surface area contributed by atoms with Crippen LogP contribution in [0.1, 0.15) is 50.0 Å². The summed E-state index contributed by atoms with van der Waals surface area (Å²) in [5.41, 5.74) is 7.12. The van der Waals surface area contributed by atoms with Crippen LogP contribution in [0.25, 0.3) is 0 Å². The molecular weight excluding hydrogens is 314 g/mol. The molecule has 0 aliphatic heterocycles. The molecule has 0 bridgehead atoms. The van der Waals surface area contributed by atoms with Crippen molar-refractivity contribution in [2.75, 3.05) is 20.1 Å². The van der Waals surface area contributed by atoms with Crippen LogP contribution in [0.5, 0.6) is 0 Å². The number of carbonyl (C=O) groups is 2. The third-order valence-corrected chi connectivity index (χ3v) is 4.29. The van der Waals surface area contributed by atoms with Crippen LogP contribution in [0, 0.1) is 18.3 Å². The van der Waals surface area contributed by atoms with E-state index in [4.69, 9.17) is 5.73 Å². The second-order valence-corrected chi connectivity index (χ2v) is 8.03. The summed E-state index contributed by atoms with van der Waals surface area (Å²) in [6.45, 7) is 11.1. The molecule has 0 saturated heterocycles. The lowest BCUT2D eigenvalue weighted by atomic mass is 9.92. The van der Waals surface area contributed by atoms with Crippen LogP contribution in [0.3, 0.4) is 0 Å². The minimum absolute atomic E-state index is 0.0721. The lowest BCUT2D eigenvalue weighted by Gasteiger charge is -2.32. The first-order chi connectivity index (χ1) is 11.6. The van der Waals surface area contributed by atoms with E-state index >= 15 is 0 Å². The highest BCUT2D eigenvalue weighted by molar-refractivity contribution is 5.98. The average molecular weight is 348 g/mol. The molecule has 0 fully saturated rings. The van der Waals surface area contributed by atoms with Gasteiger partial charge in [0.25, 0.3) is 5.91 Å². The predicted octanol–water partition coefficient (Wildman–Crippen LogP) is 2.58. The van der Waals surface area contributed by atoms with Gasteiger partial charge in [-0.2, -0.15) is 0 Å². The van der Waals surface area contributed by atoms with E-state index in [1.54, 1.807) is 18.0 Å². The summed E-state index contributed by atoms with van der Waals surface area (Å²) in [6.07, 6.45) is 0.601. The molecule has 0 saturated carbocycles. The van der Waals surface area contributed by atoms with Crippen molar-refractivity contribution >= 4 is 11.8 Å². The van der Waals surface area contributed by atoms with Gasteiger partial charge in [0.2, 0.25) is 5.91 Å². The molecule has 25 heavy (non-hydrogen) atoms. The van der Waals surface area contributed by atoms with Gasteiger partial charge in [-0.05, 0) is 42.9 Å². The fourth-order valence-corrected chi connectivity index (χ4v) is 2.81. The number of nitrogens with two attached hydrogens (primary N) is 1. The number of carbonyl (C=O) groups excluding carboxylic acids is 2. The maximum atomic E-state index is 12.9. The standard InChI is InChI=1S/C20H33N3O2/c1-14(2)11-17(19(25)23(6)13-20(4,5)12-21)22-18(24)16-10-8-7-9-15(16)3/h7-10,14,17H,11-13,21H2,1-6H3,(H,22,24). The van der Waals surface area contributed by atoms with Gasteiger partial charge in [0.15, 0.2) is 0 Å². The molecule has 0 aliphatic carbocycles. The molecule has 0 heterocycles. The molecular formula is C20H33N3O2. The van der Waals surface area contributed by atoms with Crippen molar-refractivity contribution in [1.29, 1.82) is 0 Å². The van der Waals surface area contributed by atoms with Crippen LogP contribution in [-0.2, 0) is 4.79 Å². The predicted molar refractivity (Wildman–Crippen MR) is 102 cm³/mol. The average Bonchev–Trinajstić information content (AvgIpc) is 2.53. The highest BCUT2D eigenvalue weighted by Gasteiger charge is 2.28. The van der Waals surface area contributed by atoms with Crippen LogP contribution in [0.15, 0.2) is 24.3 Å². The maximum Gasteiger partial charge on any atom is 0.252 e. The van der Waals surface area contributed by atoms with Crippen molar-refractivity contribution in [3.8, 4) is 0 Å². The fourth-order valence-electron chi connectivity index (χ4n) is 2.81. The minimum Gasteiger partial charge on any atom is -0.343 e. The molecule has 5 heteroatoms. The monoisotopic (exact) mass is 347 g/mol. The third kappa shape index (κ3) is 6.50. The molecule has 140 valence electrons. The van der Waals surface area contributed by atoms with Gasteiger partial charge in [0, 0.05) is 19.2 Å². The molecule has 0 aliphatic rings. The van der Waals surface area contributed by atoms with Gasteiger partial charge in [-0.3, -0.25) is 9.59 Å².